The molecule has 3 heterocycles. The first-order chi connectivity index (χ1) is 14.3. The molecule has 3 aromatic heterocycles. The minimum absolute atomic E-state index is 0.262. The number of anilines is 1. The van der Waals surface area contributed by atoms with Gasteiger partial charge in [0.1, 0.15) is 5.75 Å². The van der Waals surface area contributed by atoms with E-state index in [4.69, 9.17) is 15.5 Å². The van der Waals surface area contributed by atoms with Gasteiger partial charge in [0, 0.05) is 40.7 Å². The number of nitrogens with two attached hydrogens (primary N) is 1. The van der Waals surface area contributed by atoms with Crippen molar-refractivity contribution in [2.24, 2.45) is 0 Å². The first-order valence-electron chi connectivity index (χ1n) is 10.0. The van der Waals surface area contributed by atoms with Crippen molar-refractivity contribution in [3.8, 4) is 5.75 Å². The Balaban J connectivity index is 1.40. The van der Waals surface area contributed by atoms with Gasteiger partial charge in [0.25, 0.3) is 0 Å². The summed E-state index contributed by atoms with van der Waals surface area (Å²) in [6.45, 7) is 3.52. The van der Waals surface area contributed by atoms with Crippen molar-refractivity contribution in [3.63, 3.8) is 0 Å². The fourth-order valence-electron chi connectivity index (χ4n) is 4.00. The summed E-state index contributed by atoms with van der Waals surface area (Å²) in [7, 11) is 1.62. The molecule has 4 aromatic rings. The van der Waals surface area contributed by atoms with Crippen molar-refractivity contribution in [2.75, 3.05) is 12.8 Å². The number of hydrogen-bond acceptors (Lipinski definition) is 7. The van der Waals surface area contributed by atoms with Gasteiger partial charge in [-0.15, -0.1) is 5.10 Å². The molecule has 1 fully saturated rings. The SMILES string of the molecule is COc1ccc2c(c1)nc(N)n1nc([C@H]3C[C@H](c4ccc(C(C)(C)O)cn4)C3)nc21. The Hall–Kier alpha value is -3.26. The summed E-state index contributed by atoms with van der Waals surface area (Å²) >= 11 is 0. The van der Waals surface area contributed by atoms with Gasteiger partial charge >= 0.3 is 0 Å². The number of hydrogen-bond donors (Lipinski definition) is 2. The number of benzene rings is 1. The van der Waals surface area contributed by atoms with Crippen LogP contribution in [0.25, 0.3) is 16.6 Å². The number of fused-ring (bicyclic) bond motifs is 3. The Kier molecular flexibility index (Phi) is 4.14. The van der Waals surface area contributed by atoms with E-state index in [1.54, 1.807) is 31.7 Å². The zero-order valence-electron chi connectivity index (χ0n) is 17.2. The molecule has 1 saturated carbocycles. The van der Waals surface area contributed by atoms with Gasteiger partial charge < -0.3 is 15.6 Å². The molecule has 1 aliphatic carbocycles. The number of methoxy groups -OCH3 is 1. The van der Waals surface area contributed by atoms with Crippen LogP contribution in [0.1, 0.15) is 55.6 Å². The average molecular weight is 404 g/mol. The Bertz CT molecular complexity index is 1240. The van der Waals surface area contributed by atoms with E-state index in [0.29, 0.717) is 17.5 Å². The Morgan fingerprint density at radius 2 is 1.93 bits per heavy atom. The summed E-state index contributed by atoms with van der Waals surface area (Å²) < 4.78 is 6.90. The number of aromatic nitrogens is 5. The van der Waals surface area contributed by atoms with Crippen LogP contribution in [0.2, 0.25) is 0 Å². The highest BCUT2D eigenvalue weighted by Crippen LogP contribution is 2.46. The van der Waals surface area contributed by atoms with Crippen LogP contribution in [0.3, 0.4) is 0 Å². The summed E-state index contributed by atoms with van der Waals surface area (Å²) in [5.74, 6) is 2.45. The van der Waals surface area contributed by atoms with Crippen LogP contribution in [-0.4, -0.2) is 36.8 Å². The third kappa shape index (κ3) is 3.04. The Labute approximate surface area is 173 Å². The zero-order chi connectivity index (χ0) is 21.0. The van der Waals surface area contributed by atoms with Crippen LogP contribution in [0.15, 0.2) is 36.5 Å². The monoisotopic (exact) mass is 404 g/mol. The molecule has 8 nitrogen and oxygen atoms in total. The molecule has 0 atom stereocenters. The fourth-order valence-corrected chi connectivity index (χ4v) is 4.00. The molecular weight excluding hydrogens is 380 g/mol. The first-order valence-corrected chi connectivity index (χ1v) is 10.0. The van der Waals surface area contributed by atoms with Gasteiger partial charge in [-0.2, -0.15) is 4.52 Å². The Morgan fingerprint density at radius 3 is 2.60 bits per heavy atom. The van der Waals surface area contributed by atoms with E-state index in [9.17, 15) is 5.11 Å². The van der Waals surface area contributed by atoms with Crippen molar-refractivity contribution in [1.82, 2.24) is 24.6 Å². The minimum atomic E-state index is -0.880. The topological polar surface area (TPSA) is 111 Å². The lowest BCUT2D eigenvalue weighted by Gasteiger charge is -2.33. The molecule has 0 aliphatic heterocycles. The maximum atomic E-state index is 10.1. The van der Waals surface area contributed by atoms with Crippen LogP contribution in [0.5, 0.6) is 5.75 Å². The van der Waals surface area contributed by atoms with E-state index >= 15 is 0 Å². The molecule has 0 amide bonds. The lowest BCUT2D eigenvalue weighted by atomic mass is 9.72. The van der Waals surface area contributed by atoms with Crippen molar-refractivity contribution < 1.29 is 9.84 Å². The smallest absolute Gasteiger partial charge is 0.223 e. The predicted octanol–water partition coefficient (Wildman–Crippen LogP) is 3.15. The second-order valence-corrected chi connectivity index (χ2v) is 8.45. The van der Waals surface area contributed by atoms with Gasteiger partial charge in [-0.25, -0.2) is 9.97 Å². The number of aliphatic hydroxyl groups is 1. The van der Waals surface area contributed by atoms with Crippen LogP contribution < -0.4 is 10.5 Å². The van der Waals surface area contributed by atoms with Crippen LogP contribution in [0, 0.1) is 0 Å². The molecule has 1 aromatic carbocycles. The molecule has 1 aliphatic rings. The molecule has 0 spiro atoms. The molecule has 0 radical (unpaired) electrons. The summed E-state index contributed by atoms with van der Waals surface area (Å²) in [5.41, 5.74) is 8.56. The molecule has 0 saturated heterocycles. The van der Waals surface area contributed by atoms with E-state index in [1.165, 1.54) is 0 Å². The summed E-state index contributed by atoms with van der Waals surface area (Å²) in [6, 6.07) is 9.63. The second-order valence-electron chi connectivity index (χ2n) is 8.45. The van der Waals surface area contributed by atoms with Crippen molar-refractivity contribution in [3.05, 3.63) is 53.6 Å². The maximum Gasteiger partial charge on any atom is 0.223 e. The number of rotatable bonds is 4. The standard InChI is InChI=1S/C22H24N6O2/c1-22(2,29)14-4-7-17(24-11-14)12-8-13(9-12)19-26-20-16-6-5-15(30-3)10-18(16)25-21(23)28(20)27-19/h4-7,10-13,29H,8-9H2,1-3H3,(H2,23,25)/t12-,13-. The van der Waals surface area contributed by atoms with E-state index in [2.05, 4.69) is 15.1 Å². The van der Waals surface area contributed by atoms with E-state index in [-0.39, 0.29) is 5.92 Å². The molecule has 3 N–H and O–H groups in total. The van der Waals surface area contributed by atoms with Crippen LogP contribution >= 0.6 is 0 Å². The minimum Gasteiger partial charge on any atom is -0.497 e. The van der Waals surface area contributed by atoms with Crippen molar-refractivity contribution in [2.45, 2.75) is 44.1 Å². The van der Waals surface area contributed by atoms with Gasteiger partial charge in [-0.05, 0) is 44.9 Å². The first kappa shape index (κ1) is 18.7. The number of nitrogen functional groups attached to an aromatic ring is 1. The highest BCUT2D eigenvalue weighted by Gasteiger charge is 2.35. The quantitative estimate of drug-likeness (QED) is 0.537. The molecular formula is C22H24N6O2. The van der Waals surface area contributed by atoms with Gasteiger partial charge in [-0.3, -0.25) is 4.98 Å². The van der Waals surface area contributed by atoms with Gasteiger partial charge in [0.15, 0.2) is 11.5 Å². The van der Waals surface area contributed by atoms with Crippen LogP contribution in [-0.2, 0) is 5.60 Å². The van der Waals surface area contributed by atoms with Gasteiger partial charge in [0.05, 0.1) is 18.2 Å². The summed E-state index contributed by atoms with van der Waals surface area (Å²) in [6.07, 6.45) is 3.63. The maximum absolute atomic E-state index is 10.1. The van der Waals surface area contributed by atoms with E-state index in [1.807, 2.05) is 30.3 Å². The van der Waals surface area contributed by atoms with Crippen molar-refractivity contribution >= 4 is 22.5 Å². The highest BCUT2D eigenvalue weighted by atomic mass is 16.5. The normalized spacial score (nSPS) is 19.2. The second kappa shape index (κ2) is 6.63. The number of pyridine rings is 1. The predicted molar refractivity (Wildman–Crippen MR) is 113 cm³/mol. The van der Waals surface area contributed by atoms with Crippen LogP contribution in [0.4, 0.5) is 5.95 Å². The van der Waals surface area contributed by atoms with Crippen molar-refractivity contribution in [1.29, 1.82) is 0 Å². The summed E-state index contributed by atoms with van der Waals surface area (Å²) in [5, 5.41) is 15.6. The lowest BCUT2D eigenvalue weighted by molar-refractivity contribution is 0.0781. The van der Waals surface area contributed by atoms with E-state index < -0.39 is 5.60 Å². The molecule has 154 valence electrons. The number of nitrogens with zero attached hydrogens (tertiary/aromatic N) is 5. The molecule has 0 bridgehead atoms. The fraction of sp³-hybridized carbons (Fsp3) is 0.364. The van der Waals surface area contributed by atoms with E-state index in [0.717, 1.165) is 46.6 Å². The molecule has 5 rings (SSSR count). The summed E-state index contributed by atoms with van der Waals surface area (Å²) in [4.78, 5) is 13.8. The molecule has 0 unspecified atom stereocenters. The molecule has 8 heteroatoms. The lowest BCUT2D eigenvalue weighted by Crippen LogP contribution is -2.23. The third-order valence-corrected chi connectivity index (χ3v) is 5.94. The third-order valence-electron chi connectivity index (χ3n) is 5.94. The zero-order valence-corrected chi connectivity index (χ0v) is 17.2. The Morgan fingerprint density at radius 1 is 1.13 bits per heavy atom. The molecule has 30 heavy (non-hydrogen) atoms. The average Bonchev–Trinajstić information content (AvgIpc) is 3.12. The highest BCUT2D eigenvalue weighted by molar-refractivity contribution is 5.93. The van der Waals surface area contributed by atoms with Gasteiger partial charge in [0.2, 0.25) is 5.95 Å². The van der Waals surface area contributed by atoms with Gasteiger partial charge in [-0.1, -0.05) is 6.07 Å². The number of ether oxygens (including phenoxy) is 1. The largest absolute Gasteiger partial charge is 0.497 e.